The SMILES string of the molecule is CC/C=C\C/C=C\C/C=C\C/C=C\C/C=C\CCCCCC(=O)OC(COC(=O)CCCCCCCCCCC/C=C\C/C=C\CCCCC)COC(=O)CCCCCCCCCCCCCCC/C=C\CCCCCCCCCC. The van der Waals surface area contributed by atoms with E-state index in [1.165, 1.54) is 199 Å². The van der Waals surface area contributed by atoms with E-state index in [1.807, 2.05) is 0 Å². The molecule has 6 heteroatoms. The number of hydrogen-bond donors (Lipinski definition) is 0. The third-order valence-electron chi connectivity index (χ3n) is 15.0. The van der Waals surface area contributed by atoms with Crippen LogP contribution in [0, 0.1) is 0 Å². The van der Waals surface area contributed by atoms with E-state index in [2.05, 4.69) is 118 Å². The predicted octanol–water partition coefficient (Wildman–Crippen LogP) is 24.0. The molecule has 1 unspecified atom stereocenters. The predicted molar refractivity (Wildman–Crippen MR) is 353 cm³/mol. The molecule has 0 aromatic rings. The second-order valence-corrected chi connectivity index (χ2v) is 23.1. The van der Waals surface area contributed by atoms with Gasteiger partial charge in [-0.1, -0.05) is 298 Å². The van der Waals surface area contributed by atoms with Gasteiger partial charge in [0.1, 0.15) is 13.2 Å². The molecular formula is C75H130O6. The number of carbonyl (C=O) groups excluding carboxylic acids is 3. The van der Waals surface area contributed by atoms with Gasteiger partial charge in [0.15, 0.2) is 6.10 Å². The molecule has 0 amide bonds. The fourth-order valence-electron chi connectivity index (χ4n) is 9.85. The highest BCUT2D eigenvalue weighted by Crippen LogP contribution is 2.17. The van der Waals surface area contributed by atoms with Crippen LogP contribution in [0.25, 0.3) is 0 Å². The Bertz CT molecular complexity index is 1580. The van der Waals surface area contributed by atoms with Gasteiger partial charge in [-0.25, -0.2) is 0 Å². The Labute approximate surface area is 502 Å². The highest BCUT2D eigenvalue weighted by atomic mass is 16.6. The maximum Gasteiger partial charge on any atom is 0.306 e. The number of ether oxygens (including phenoxy) is 3. The Morgan fingerprint density at radius 2 is 0.481 bits per heavy atom. The summed E-state index contributed by atoms with van der Waals surface area (Å²) < 4.78 is 17.0. The van der Waals surface area contributed by atoms with Crippen molar-refractivity contribution in [1.29, 1.82) is 0 Å². The smallest absolute Gasteiger partial charge is 0.306 e. The Morgan fingerprint density at radius 1 is 0.259 bits per heavy atom. The Balaban J connectivity index is 4.39. The molecular weight excluding hydrogens is 997 g/mol. The average molecular weight is 1130 g/mol. The number of allylic oxidation sites excluding steroid dienone is 16. The molecule has 0 N–H and O–H groups in total. The summed E-state index contributed by atoms with van der Waals surface area (Å²) in [4.78, 5) is 38.5. The molecule has 0 aliphatic heterocycles. The summed E-state index contributed by atoms with van der Waals surface area (Å²) in [5.41, 5.74) is 0. The summed E-state index contributed by atoms with van der Waals surface area (Å²) in [5, 5.41) is 0. The molecule has 0 saturated heterocycles. The Hall–Kier alpha value is -3.67. The summed E-state index contributed by atoms with van der Waals surface area (Å²) >= 11 is 0. The van der Waals surface area contributed by atoms with E-state index >= 15 is 0 Å². The van der Waals surface area contributed by atoms with Crippen LogP contribution in [0.3, 0.4) is 0 Å². The average Bonchev–Trinajstić information content (AvgIpc) is 3.47. The molecule has 1 atom stereocenters. The maximum atomic E-state index is 12.9. The number of esters is 3. The van der Waals surface area contributed by atoms with Crippen LogP contribution in [0.15, 0.2) is 97.2 Å². The van der Waals surface area contributed by atoms with Crippen LogP contribution >= 0.6 is 0 Å². The fraction of sp³-hybridized carbons (Fsp3) is 0.747. The van der Waals surface area contributed by atoms with Gasteiger partial charge in [-0.15, -0.1) is 0 Å². The zero-order valence-electron chi connectivity index (χ0n) is 53.5. The molecule has 0 aromatic carbocycles. The van der Waals surface area contributed by atoms with Crippen LogP contribution in [-0.2, 0) is 28.6 Å². The lowest BCUT2D eigenvalue weighted by Gasteiger charge is -2.18. The second-order valence-electron chi connectivity index (χ2n) is 23.1. The normalized spacial score (nSPS) is 12.7. The molecule has 0 fully saturated rings. The monoisotopic (exact) mass is 1130 g/mol. The van der Waals surface area contributed by atoms with Crippen molar-refractivity contribution in [2.45, 2.75) is 348 Å². The van der Waals surface area contributed by atoms with Crippen molar-refractivity contribution < 1.29 is 28.6 Å². The minimum Gasteiger partial charge on any atom is -0.462 e. The minimum atomic E-state index is -0.800. The van der Waals surface area contributed by atoms with Gasteiger partial charge in [-0.2, -0.15) is 0 Å². The number of unbranched alkanes of at least 4 members (excludes halogenated alkanes) is 36. The van der Waals surface area contributed by atoms with Gasteiger partial charge >= 0.3 is 17.9 Å². The van der Waals surface area contributed by atoms with Gasteiger partial charge in [0.2, 0.25) is 0 Å². The molecule has 0 rings (SSSR count). The standard InChI is InChI=1S/C75H130O6/c1-4-7-10-13-16-19-22-25-28-31-34-35-36-37-38-39-42-44-47-50-53-56-59-62-65-68-74(77)80-71-72(81-75(78)69-66-63-60-57-54-51-48-45-41-33-30-27-24-21-18-15-12-9-6-3)70-79-73(76)67-64-61-58-55-52-49-46-43-40-32-29-26-23-20-17-14-11-8-5-2/h9,12,17-18,20-21,26-27,29-31,34,41,45,51,54,72H,4-8,10-11,13-16,19,22-25,28,32-33,35-40,42-44,46-50,52-53,55-71H2,1-3H3/b12-9-,20-17-,21-18-,29-26-,30-27-,34-31-,45-41-,54-51-. The molecule has 6 nitrogen and oxygen atoms in total. The lowest BCUT2D eigenvalue weighted by Crippen LogP contribution is -2.30. The first-order valence-electron chi connectivity index (χ1n) is 34.7. The molecule has 81 heavy (non-hydrogen) atoms. The van der Waals surface area contributed by atoms with E-state index in [0.29, 0.717) is 12.8 Å². The summed E-state index contributed by atoms with van der Waals surface area (Å²) in [6.07, 6.45) is 92.8. The summed E-state index contributed by atoms with van der Waals surface area (Å²) in [5.74, 6) is -0.914. The summed E-state index contributed by atoms with van der Waals surface area (Å²) in [7, 11) is 0. The van der Waals surface area contributed by atoms with Gasteiger partial charge in [-0.3, -0.25) is 14.4 Å². The maximum absolute atomic E-state index is 12.9. The third-order valence-corrected chi connectivity index (χ3v) is 15.0. The van der Waals surface area contributed by atoms with Crippen molar-refractivity contribution in [3.05, 3.63) is 97.2 Å². The topological polar surface area (TPSA) is 78.9 Å². The zero-order chi connectivity index (χ0) is 58.5. The lowest BCUT2D eigenvalue weighted by atomic mass is 10.0. The van der Waals surface area contributed by atoms with Gasteiger partial charge in [0.05, 0.1) is 0 Å². The highest BCUT2D eigenvalue weighted by molar-refractivity contribution is 5.71. The van der Waals surface area contributed by atoms with Gasteiger partial charge in [0, 0.05) is 19.3 Å². The van der Waals surface area contributed by atoms with Gasteiger partial charge in [0.25, 0.3) is 0 Å². The van der Waals surface area contributed by atoms with Gasteiger partial charge in [-0.05, 0) is 122 Å². The molecule has 466 valence electrons. The molecule has 0 bridgehead atoms. The van der Waals surface area contributed by atoms with Crippen molar-refractivity contribution in [2.24, 2.45) is 0 Å². The van der Waals surface area contributed by atoms with E-state index in [4.69, 9.17) is 14.2 Å². The fourth-order valence-corrected chi connectivity index (χ4v) is 9.85. The first kappa shape index (κ1) is 77.3. The first-order chi connectivity index (χ1) is 40.0. The van der Waals surface area contributed by atoms with E-state index in [9.17, 15) is 14.4 Å². The summed E-state index contributed by atoms with van der Waals surface area (Å²) in [6.45, 7) is 6.51. The molecule has 0 aliphatic carbocycles. The number of hydrogen-bond acceptors (Lipinski definition) is 6. The van der Waals surface area contributed by atoms with Gasteiger partial charge < -0.3 is 14.2 Å². The van der Waals surface area contributed by atoms with E-state index < -0.39 is 6.10 Å². The Kier molecular flexibility index (Phi) is 65.7. The third kappa shape index (κ3) is 67.0. The lowest BCUT2D eigenvalue weighted by molar-refractivity contribution is -0.167. The largest absolute Gasteiger partial charge is 0.462 e. The second kappa shape index (κ2) is 68.8. The van der Waals surface area contributed by atoms with Crippen LogP contribution in [-0.4, -0.2) is 37.2 Å². The first-order valence-corrected chi connectivity index (χ1v) is 34.7. The zero-order valence-corrected chi connectivity index (χ0v) is 53.5. The van der Waals surface area contributed by atoms with E-state index in [0.717, 1.165) is 103 Å². The minimum absolute atomic E-state index is 0.0910. The number of rotatable bonds is 63. The van der Waals surface area contributed by atoms with Crippen molar-refractivity contribution >= 4 is 17.9 Å². The van der Waals surface area contributed by atoms with Crippen LogP contribution < -0.4 is 0 Å². The van der Waals surface area contributed by atoms with Crippen LogP contribution in [0.1, 0.15) is 342 Å². The quantitative estimate of drug-likeness (QED) is 0.0261. The number of carbonyl (C=O) groups is 3. The molecule has 0 saturated carbocycles. The molecule has 0 aromatic heterocycles. The van der Waals surface area contributed by atoms with Crippen LogP contribution in [0.5, 0.6) is 0 Å². The van der Waals surface area contributed by atoms with E-state index in [1.54, 1.807) is 0 Å². The highest BCUT2D eigenvalue weighted by Gasteiger charge is 2.19. The van der Waals surface area contributed by atoms with Crippen molar-refractivity contribution in [3.8, 4) is 0 Å². The Morgan fingerprint density at radius 3 is 0.802 bits per heavy atom. The van der Waals surface area contributed by atoms with Crippen molar-refractivity contribution in [3.63, 3.8) is 0 Å². The van der Waals surface area contributed by atoms with E-state index in [-0.39, 0.29) is 37.5 Å². The van der Waals surface area contributed by atoms with Crippen molar-refractivity contribution in [2.75, 3.05) is 13.2 Å². The van der Waals surface area contributed by atoms with Crippen LogP contribution in [0.2, 0.25) is 0 Å². The molecule has 0 spiro atoms. The van der Waals surface area contributed by atoms with Crippen LogP contribution in [0.4, 0.5) is 0 Å². The molecule has 0 heterocycles. The summed E-state index contributed by atoms with van der Waals surface area (Å²) in [6, 6.07) is 0. The molecule has 0 aliphatic rings. The van der Waals surface area contributed by atoms with Crippen molar-refractivity contribution in [1.82, 2.24) is 0 Å². The molecule has 0 radical (unpaired) electrons.